The molecule has 2 aromatic rings. The molecule has 0 saturated heterocycles. The molecule has 0 heterocycles. The molecule has 2 nitrogen and oxygen atoms in total. The van der Waals surface area contributed by atoms with Crippen LogP contribution in [0.15, 0.2) is 48.5 Å². The maximum Gasteiger partial charge on any atom is 0.134 e. The molecular formula is C32H45FO2. The van der Waals surface area contributed by atoms with Crippen molar-refractivity contribution in [3.8, 4) is 35.0 Å². The van der Waals surface area contributed by atoms with Crippen LogP contribution in [0.1, 0.15) is 96.8 Å². The summed E-state index contributed by atoms with van der Waals surface area (Å²) in [4.78, 5) is 0. The number of terminal acetylenes is 1. The van der Waals surface area contributed by atoms with Gasteiger partial charge in [-0.25, -0.2) is 4.39 Å². The van der Waals surface area contributed by atoms with Gasteiger partial charge in [-0.3, -0.25) is 0 Å². The van der Waals surface area contributed by atoms with Gasteiger partial charge in [-0.05, 0) is 54.7 Å². The second-order valence-corrected chi connectivity index (χ2v) is 9.44. The fourth-order valence-electron chi connectivity index (χ4n) is 4.13. The molecule has 0 spiro atoms. The van der Waals surface area contributed by atoms with E-state index >= 15 is 0 Å². The van der Waals surface area contributed by atoms with E-state index in [1.807, 2.05) is 36.4 Å². The third kappa shape index (κ3) is 13.3. The van der Waals surface area contributed by atoms with E-state index in [0.29, 0.717) is 12.2 Å². The lowest BCUT2D eigenvalue weighted by Crippen LogP contribution is -2.12. The van der Waals surface area contributed by atoms with Crippen LogP contribution >= 0.6 is 0 Å². The van der Waals surface area contributed by atoms with Gasteiger partial charge >= 0.3 is 0 Å². The minimum Gasteiger partial charge on any atom is -0.494 e. The Labute approximate surface area is 213 Å². The van der Waals surface area contributed by atoms with E-state index in [2.05, 4.69) is 25.0 Å². The van der Waals surface area contributed by atoms with E-state index in [1.165, 1.54) is 57.8 Å². The van der Waals surface area contributed by atoms with Gasteiger partial charge in [0.25, 0.3) is 0 Å². The lowest BCUT2D eigenvalue weighted by Gasteiger charge is -2.11. The van der Waals surface area contributed by atoms with Crippen molar-refractivity contribution in [3.05, 3.63) is 48.5 Å². The van der Waals surface area contributed by atoms with Gasteiger partial charge in [-0.1, -0.05) is 95.4 Å². The van der Waals surface area contributed by atoms with Crippen molar-refractivity contribution in [1.29, 1.82) is 0 Å². The molecule has 3 heteroatoms. The van der Waals surface area contributed by atoms with Gasteiger partial charge in [0.2, 0.25) is 0 Å². The van der Waals surface area contributed by atoms with Crippen LogP contribution < -0.4 is 9.47 Å². The molecule has 0 fully saturated rings. The molecule has 192 valence electrons. The van der Waals surface area contributed by atoms with Crippen molar-refractivity contribution in [2.45, 2.75) is 103 Å². The highest BCUT2D eigenvalue weighted by Crippen LogP contribution is 2.25. The van der Waals surface area contributed by atoms with E-state index in [1.54, 1.807) is 0 Å². The van der Waals surface area contributed by atoms with Gasteiger partial charge in [-0.15, -0.1) is 12.3 Å². The summed E-state index contributed by atoms with van der Waals surface area (Å²) in [6, 6.07) is 16.1. The van der Waals surface area contributed by atoms with E-state index in [4.69, 9.17) is 15.9 Å². The maximum absolute atomic E-state index is 14.0. The van der Waals surface area contributed by atoms with Gasteiger partial charge < -0.3 is 9.47 Å². The second-order valence-electron chi connectivity index (χ2n) is 9.44. The number of rotatable bonds is 20. The van der Waals surface area contributed by atoms with Crippen LogP contribution in [0.3, 0.4) is 0 Å². The molecule has 0 bridgehead atoms. The molecule has 0 radical (unpaired) electrons. The lowest BCUT2D eigenvalue weighted by atomic mass is 10.1. The molecule has 0 N–H and O–H groups in total. The maximum atomic E-state index is 14.0. The Bertz CT molecular complexity index is 807. The van der Waals surface area contributed by atoms with Crippen molar-refractivity contribution < 1.29 is 13.9 Å². The molecule has 0 saturated carbocycles. The Morgan fingerprint density at radius 2 is 1.20 bits per heavy atom. The Kier molecular flexibility index (Phi) is 15.5. The average Bonchev–Trinajstić information content (AvgIpc) is 2.89. The average molecular weight is 481 g/mol. The first kappa shape index (κ1) is 28.8. The van der Waals surface area contributed by atoms with Crippen LogP contribution in [0.4, 0.5) is 4.39 Å². The summed E-state index contributed by atoms with van der Waals surface area (Å²) in [5, 5.41) is 0. The van der Waals surface area contributed by atoms with E-state index in [0.717, 1.165) is 49.2 Å². The largest absolute Gasteiger partial charge is 0.494 e. The van der Waals surface area contributed by atoms with Crippen molar-refractivity contribution in [2.75, 3.05) is 13.2 Å². The number of benzene rings is 2. The number of halogens is 1. The van der Waals surface area contributed by atoms with Gasteiger partial charge in [-0.2, -0.15) is 0 Å². The molecule has 0 aliphatic rings. The van der Waals surface area contributed by atoms with Crippen LogP contribution in [0, 0.1) is 12.3 Å². The summed E-state index contributed by atoms with van der Waals surface area (Å²) in [6.45, 7) is 3.06. The first-order valence-corrected chi connectivity index (χ1v) is 13.8. The van der Waals surface area contributed by atoms with Crippen molar-refractivity contribution in [3.63, 3.8) is 0 Å². The van der Waals surface area contributed by atoms with Crippen LogP contribution in [0.2, 0.25) is 0 Å². The fourth-order valence-corrected chi connectivity index (χ4v) is 4.13. The first-order valence-electron chi connectivity index (χ1n) is 13.8. The zero-order valence-electron chi connectivity index (χ0n) is 21.8. The normalized spacial score (nSPS) is 11.7. The monoisotopic (exact) mass is 480 g/mol. The molecular weight excluding hydrogens is 435 g/mol. The fraction of sp³-hybridized carbons (Fsp3) is 0.562. The molecule has 0 unspecified atom stereocenters. The zero-order valence-corrected chi connectivity index (χ0v) is 21.8. The summed E-state index contributed by atoms with van der Waals surface area (Å²) in [5.41, 5.74) is 2.24. The number of unbranched alkanes of at least 4 members (excludes halogenated alkanes) is 11. The molecule has 0 aliphatic heterocycles. The van der Waals surface area contributed by atoms with Gasteiger partial charge in [0.05, 0.1) is 6.61 Å². The molecule has 2 aromatic carbocycles. The Hall–Kier alpha value is -2.47. The third-order valence-electron chi connectivity index (χ3n) is 6.33. The van der Waals surface area contributed by atoms with Crippen LogP contribution in [0.5, 0.6) is 11.5 Å². The van der Waals surface area contributed by atoms with E-state index in [-0.39, 0.29) is 6.61 Å². The van der Waals surface area contributed by atoms with Crippen LogP contribution in [-0.4, -0.2) is 19.4 Å². The van der Waals surface area contributed by atoms with Crippen molar-refractivity contribution in [1.82, 2.24) is 0 Å². The minimum absolute atomic E-state index is 0.130. The molecule has 0 aliphatic carbocycles. The summed E-state index contributed by atoms with van der Waals surface area (Å²) in [6.07, 6.45) is 20.2. The predicted octanol–water partition coefficient (Wildman–Crippen LogP) is 9.56. The number of alkyl halides is 1. The van der Waals surface area contributed by atoms with E-state index < -0.39 is 6.17 Å². The summed E-state index contributed by atoms with van der Waals surface area (Å²) >= 11 is 0. The summed E-state index contributed by atoms with van der Waals surface area (Å²) < 4.78 is 25.5. The highest BCUT2D eigenvalue weighted by atomic mass is 19.1. The number of hydrogen-bond donors (Lipinski definition) is 0. The quantitative estimate of drug-likeness (QED) is 0.139. The van der Waals surface area contributed by atoms with Crippen molar-refractivity contribution in [2.24, 2.45) is 0 Å². The molecule has 2 rings (SSSR count). The van der Waals surface area contributed by atoms with Gasteiger partial charge in [0.15, 0.2) is 0 Å². The molecule has 35 heavy (non-hydrogen) atoms. The SMILES string of the molecule is C#CCCCCCCCCCCOc1ccc(-c2ccc(OC[C@@H](F)CCCCCC)cc2)cc1. The first-order chi connectivity index (χ1) is 17.2. The summed E-state index contributed by atoms with van der Waals surface area (Å²) in [7, 11) is 0. The van der Waals surface area contributed by atoms with Gasteiger partial charge in [0, 0.05) is 6.42 Å². The third-order valence-corrected chi connectivity index (χ3v) is 6.33. The molecule has 0 aromatic heterocycles. The Morgan fingerprint density at radius 1 is 0.686 bits per heavy atom. The van der Waals surface area contributed by atoms with Crippen LogP contribution in [0.25, 0.3) is 11.1 Å². The molecule has 1 atom stereocenters. The second kappa shape index (κ2) is 18.8. The zero-order chi connectivity index (χ0) is 25.0. The summed E-state index contributed by atoms with van der Waals surface area (Å²) in [5.74, 6) is 4.33. The number of hydrogen-bond acceptors (Lipinski definition) is 2. The molecule has 0 amide bonds. The highest BCUT2D eigenvalue weighted by Gasteiger charge is 2.08. The standard InChI is InChI=1S/C32H45FO2/c1-3-5-7-9-10-11-12-13-14-16-26-34-31-22-18-28(19-23-31)29-20-24-32(25-21-29)35-27-30(33)17-15-8-6-4-2/h1,18-25,30H,4-17,26-27H2,2H3/t30-/m0/s1. The van der Waals surface area contributed by atoms with Crippen LogP contribution in [-0.2, 0) is 0 Å². The Balaban J connectivity index is 1.59. The highest BCUT2D eigenvalue weighted by molar-refractivity contribution is 5.64. The topological polar surface area (TPSA) is 18.5 Å². The Morgan fingerprint density at radius 3 is 1.77 bits per heavy atom. The van der Waals surface area contributed by atoms with E-state index in [9.17, 15) is 4.39 Å². The van der Waals surface area contributed by atoms with Gasteiger partial charge in [0.1, 0.15) is 24.3 Å². The predicted molar refractivity (Wildman–Crippen MR) is 147 cm³/mol. The van der Waals surface area contributed by atoms with Crippen molar-refractivity contribution >= 4 is 0 Å². The smallest absolute Gasteiger partial charge is 0.134 e. The minimum atomic E-state index is -0.895. The number of ether oxygens (including phenoxy) is 2. The lowest BCUT2D eigenvalue weighted by molar-refractivity contribution is 0.184.